The van der Waals surface area contributed by atoms with Crippen molar-refractivity contribution in [2.45, 2.75) is 96.7 Å². The Hall–Kier alpha value is -2.36. The van der Waals surface area contributed by atoms with Gasteiger partial charge in [-0.05, 0) is 56.1 Å². The van der Waals surface area contributed by atoms with Crippen molar-refractivity contribution in [3.63, 3.8) is 0 Å². The molecule has 0 spiro atoms. The topological polar surface area (TPSA) is 52.6 Å². The van der Waals surface area contributed by atoms with E-state index in [0.717, 1.165) is 57.8 Å². The van der Waals surface area contributed by atoms with Gasteiger partial charge in [0.2, 0.25) is 0 Å². The zero-order valence-electron chi connectivity index (χ0n) is 23.2. The van der Waals surface area contributed by atoms with Crippen LogP contribution in [0.3, 0.4) is 0 Å². The number of ether oxygens (including phenoxy) is 2. The van der Waals surface area contributed by atoms with Crippen LogP contribution in [0.25, 0.3) is 0 Å². The molecule has 0 aromatic carbocycles. The van der Waals surface area contributed by atoms with E-state index >= 15 is 0 Å². The number of allylic oxidation sites excluding steroid dienone is 6. The third-order valence-corrected chi connectivity index (χ3v) is 8.99. The van der Waals surface area contributed by atoms with Crippen LogP contribution in [0.2, 0.25) is 0 Å². The second-order valence-corrected chi connectivity index (χ2v) is 11.5. The van der Waals surface area contributed by atoms with Crippen LogP contribution < -0.4 is 0 Å². The van der Waals surface area contributed by atoms with Crippen LogP contribution in [0.1, 0.15) is 85.5 Å². The number of carbonyl (C=O) groups is 2. The van der Waals surface area contributed by atoms with Gasteiger partial charge in [0.05, 0.1) is 11.8 Å². The number of hydrogen-bond donors (Lipinski definition) is 0. The molecule has 202 valence electrons. The predicted octanol–water partition coefficient (Wildman–Crippen LogP) is 7.67. The van der Waals surface area contributed by atoms with Crippen molar-refractivity contribution in [1.82, 2.24) is 0 Å². The Kier molecular flexibility index (Phi) is 8.98. The molecule has 0 heterocycles. The normalized spacial score (nSPS) is 37.3. The van der Waals surface area contributed by atoms with Gasteiger partial charge in [-0.1, -0.05) is 102 Å². The third kappa shape index (κ3) is 5.45. The lowest BCUT2D eigenvalue weighted by atomic mass is 9.76. The van der Waals surface area contributed by atoms with Crippen molar-refractivity contribution in [2.75, 3.05) is 0 Å². The number of carbonyl (C=O) groups excluding carboxylic acids is 2. The van der Waals surface area contributed by atoms with Crippen LogP contribution in [0.4, 0.5) is 0 Å². The summed E-state index contributed by atoms with van der Waals surface area (Å²) in [6.45, 7) is 8.61. The summed E-state index contributed by atoms with van der Waals surface area (Å²) >= 11 is 0. The van der Waals surface area contributed by atoms with Crippen molar-refractivity contribution < 1.29 is 19.1 Å². The number of rotatable bonds is 12. The van der Waals surface area contributed by atoms with Gasteiger partial charge in [0, 0.05) is 11.8 Å². The largest absolute Gasteiger partial charge is 0.454 e. The van der Waals surface area contributed by atoms with E-state index in [-0.39, 0.29) is 35.6 Å². The second-order valence-electron chi connectivity index (χ2n) is 11.5. The van der Waals surface area contributed by atoms with Crippen molar-refractivity contribution in [1.29, 1.82) is 0 Å². The van der Waals surface area contributed by atoms with Crippen LogP contribution >= 0.6 is 0 Å². The molecule has 0 aromatic rings. The molecule has 8 atom stereocenters. The van der Waals surface area contributed by atoms with E-state index in [1.807, 2.05) is 12.2 Å². The highest BCUT2D eigenvalue weighted by atomic mass is 16.6. The van der Waals surface area contributed by atoms with Crippen LogP contribution in [0.15, 0.2) is 60.8 Å². The minimum Gasteiger partial charge on any atom is -0.454 e. The summed E-state index contributed by atoms with van der Waals surface area (Å²) in [5.74, 6) is -1.04. The van der Waals surface area contributed by atoms with Crippen molar-refractivity contribution in [3.8, 4) is 0 Å². The Bertz CT molecular complexity index is 895. The molecule has 1 fully saturated rings. The standard InChI is InChI=1S/C33H46O4/c1-5-13-26-15-9-11-21-32(26,19-7-3)36-30(34)28-24-17-18-25(23-24)29(28)31(35)37-33(20-8-4)22-12-10-16-27(33)14-6-2/h9-12,15-18,21-22,24-29H,5-8,13-14,19-20,23H2,1-4H3. The first-order chi connectivity index (χ1) is 17.9. The maximum Gasteiger partial charge on any atom is 0.311 e. The van der Waals surface area contributed by atoms with E-state index in [1.165, 1.54) is 0 Å². The van der Waals surface area contributed by atoms with E-state index in [0.29, 0.717) is 0 Å². The number of hydrogen-bond acceptors (Lipinski definition) is 4. The highest BCUT2D eigenvalue weighted by Crippen LogP contribution is 2.51. The molecule has 0 aliphatic heterocycles. The zero-order valence-corrected chi connectivity index (χ0v) is 23.2. The molecule has 0 N–H and O–H groups in total. The fourth-order valence-electron chi connectivity index (χ4n) is 7.33. The van der Waals surface area contributed by atoms with Gasteiger partial charge in [-0.25, -0.2) is 0 Å². The molecule has 0 aromatic heterocycles. The zero-order chi connectivity index (χ0) is 26.5. The molecule has 37 heavy (non-hydrogen) atoms. The van der Waals surface area contributed by atoms with E-state index in [9.17, 15) is 9.59 Å². The minimum atomic E-state index is -0.636. The summed E-state index contributed by atoms with van der Waals surface area (Å²) in [7, 11) is 0. The van der Waals surface area contributed by atoms with Gasteiger partial charge in [0.15, 0.2) is 0 Å². The monoisotopic (exact) mass is 506 g/mol. The smallest absolute Gasteiger partial charge is 0.311 e. The average molecular weight is 507 g/mol. The summed E-state index contributed by atoms with van der Waals surface area (Å²) in [6.07, 6.45) is 29.1. The summed E-state index contributed by atoms with van der Waals surface area (Å²) in [4.78, 5) is 27.9. The van der Waals surface area contributed by atoms with Gasteiger partial charge in [-0.2, -0.15) is 0 Å². The number of esters is 2. The molecule has 0 amide bonds. The Morgan fingerprint density at radius 1 is 0.649 bits per heavy atom. The molecule has 0 radical (unpaired) electrons. The van der Waals surface area contributed by atoms with Crippen molar-refractivity contribution in [3.05, 3.63) is 60.8 Å². The Morgan fingerprint density at radius 3 is 1.46 bits per heavy atom. The first-order valence-electron chi connectivity index (χ1n) is 14.8. The molecular formula is C33H46O4. The maximum absolute atomic E-state index is 14.0. The molecule has 8 unspecified atom stereocenters. The Labute approximate surface area is 223 Å². The Morgan fingerprint density at radius 2 is 1.08 bits per heavy atom. The van der Waals surface area contributed by atoms with Crippen molar-refractivity contribution >= 4 is 11.9 Å². The molecule has 4 rings (SSSR count). The molecular weight excluding hydrogens is 460 g/mol. The van der Waals surface area contributed by atoms with Gasteiger partial charge < -0.3 is 9.47 Å². The first-order valence-corrected chi connectivity index (χ1v) is 14.8. The fraction of sp³-hybridized carbons (Fsp3) is 0.636. The number of fused-ring (bicyclic) bond motifs is 2. The lowest BCUT2D eigenvalue weighted by Crippen LogP contribution is -2.47. The van der Waals surface area contributed by atoms with E-state index in [4.69, 9.17) is 9.47 Å². The lowest BCUT2D eigenvalue weighted by Gasteiger charge is -2.41. The molecule has 0 saturated heterocycles. The second kappa shape index (κ2) is 12.0. The lowest BCUT2D eigenvalue weighted by molar-refractivity contribution is -0.178. The summed E-state index contributed by atoms with van der Waals surface area (Å²) < 4.78 is 13.0. The highest BCUT2D eigenvalue weighted by Gasteiger charge is 2.56. The first kappa shape index (κ1) is 27.7. The van der Waals surface area contributed by atoms with Crippen LogP contribution in [0.5, 0.6) is 0 Å². The van der Waals surface area contributed by atoms with Gasteiger partial charge in [0.25, 0.3) is 0 Å². The SMILES string of the molecule is CCCC1C=CC=CC1(CCC)OC(=O)C1C2C=CC(C2)C1C(=O)OC1(CCC)C=CC=CC1CCC. The van der Waals surface area contributed by atoms with Crippen LogP contribution in [-0.2, 0) is 19.1 Å². The van der Waals surface area contributed by atoms with Gasteiger partial charge in [-0.15, -0.1) is 0 Å². The molecule has 4 heteroatoms. The third-order valence-electron chi connectivity index (χ3n) is 8.99. The van der Waals surface area contributed by atoms with Crippen LogP contribution in [0, 0.1) is 35.5 Å². The maximum atomic E-state index is 14.0. The van der Waals surface area contributed by atoms with Gasteiger partial charge >= 0.3 is 11.9 Å². The summed E-state index contributed by atoms with van der Waals surface area (Å²) in [5.41, 5.74) is -1.27. The predicted molar refractivity (Wildman–Crippen MR) is 149 cm³/mol. The molecule has 2 bridgehead atoms. The summed E-state index contributed by atoms with van der Waals surface area (Å²) in [6, 6.07) is 0. The van der Waals surface area contributed by atoms with E-state index in [1.54, 1.807) is 0 Å². The van der Waals surface area contributed by atoms with E-state index < -0.39 is 23.0 Å². The summed E-state index contributed by atoms with van der Waals surface area (Å²) in [5, 5.41) is 0. The molecule has 1 saturated carbocycles. The minimum absolute atomic E-state index is 0.0387. The molecule has 4 aliphatic carbocycles. The van der Waals surface area contributed by atoms with Gasteiger partial charge in [-0.3, -0.25) is 9.59 Å². The average Bonchev–Trinajstić information content (AvgIpc) is 3.50. The molecule has 4 nitrogen and oxygen atoms in total. The van der Waals surface area contributed by atoms with Crippen molar-refractivity contribution in [2.24, 2.45) is 35.5 Å². The van der Waals surface area contributed by atoms with Crippen LogP contribution in [-0.4, -0.2) is 23.1 Å². The Balaban J connectivity index is 1.58. The highest BCUT2D eigenvalue weighted by molar-refractivity contribution is 5.85. The fourth-order valence-corrected chi connectivity index (χ4v) is 7.33. The van der Waals surface area contributed by atoms with E-state index in [2.05, 4.69) is 76.3 Å². The molecule has 4 aliphatic rings. The quantitative estimate of drug-likeness (QED) is 0.201. The van der Waals surface area contributed by atoms with Gasteiger partial charge in [0.1, 0.15) is 11.2 Å².